The van der Waals surface area contributed by atoms with E-state index in [9.17, 15) is 17.6 Å². The van der Waals surface area contributed by atoms with E-state index >= 15 is 0 Å². The maximum Gasteiger partial charge on any atom is 0.225 e. The highest BCUT2D eigenvalue weighted by Gasteiger charge is 2.38. The van der Waals surface area contributed by atoms with Crippen LogP contribution in [0.2, 0.25) is 0 Å². The van der Waals surface area contributed by atoms with Crippen LogP contribution >= 0.6 is 11.8 Å². The third-order valence-corrected chi connectivity index (χ3v) is 7.85. The Kier molecular flexibility index (Phi) is 4.96. The van der Waals surface area contributed by atoms with Gasteiger partial charge in [0.2, 0.25) is 5.91 Å². The molecule has 3 rings (SSSR count). The summed E-state index contributed by atoms with van der Waals surface area (Å²) in [6.07, 6.45) is 2.22. The fourth-order valence-corrected chi connectivity index (χ4v) is 6.00. The van der Waals surface area contributed by atoms with Crippen molar-refractivity contribution in [3.8, 4) is 0 Å². The Labute approximate surface area is 140 Å². The van der Waals surface area contributed by atoms with Crippen LogP contribution in [0.5, 0.6) is 0 Å². The van der Waals surface area contributed by atoms with Crippen molar-refractivity contribution in [1.82, 2.24) is 4.90 Å². The SMILES string of the molecule is O=C(C1CCSCC1)N1CCC(S(=O)(=O)c2ccc(F)cc2)C1. The quantitative estimate of drug-likeness (QED) is 0.779. The Bertz CT molecular complexity index is 669. The van der Waals surface area contributed by atoms with Gasteiger partial charge in [0, 0.05) is 19.0 Å². The molecule has 1 aromatic carbocycles. The highest BCUT2D eigenvalue weighted by atomic mass is 32.2. The number of benzene rings is 1. The lowest BCUT2D eigenvalue weighted by Crippen LogP contribution is -2.37. The van der Waals surface area contributed by atoms with Gasteiger partial charge in [0.15, 0.2) is 9.84 Å². The second kappa shape index (κ2) is 6.81. The van der Waals surface area contributed by atoms with Gasteiger partial charge in [-0.1, -0.05) is 0 Å². The molecule has 0 bridgehead atoms. The van der Waals surface area contributed by atoms with Gasteiger partial charge in [-0.15, -0.1) is 0 Å². The Morgan fingerprint density at radius 1 is 1.13 bits per heavy atom. The fourth-order valence-electron chi connectivity index (χ4n) is 3.20. The minimum atomic E-state index is -3.52. The van der Waals surface area contributed by atoms with Gasteiger partial charge in [-0.05, 0) is 55.0 Å². The van der Waals surface area contributed by atoms with Crippen LogP contribution in [0, 0.1) is 11.7 Å². The molecule has 1 aromatic rings. The van der Waals surface area contributed by atoms with Crippen molar-refractivity contribution in [2.45, 2.75) is 29.4 Å². The predicted molar refractivity (Wildman–Crippen MR) is 88.6 cm³/mol. The second-order valence-corrected chi connectivity index (χ2v) is 9.53. The molecular weight excluding hydrogens is 337 g/mol. The molecule has 23 heavy (non-hydrogen) atoms. The van der Waals surface area contributed by atoms with Gasteiger partial charge >= 0.3 is 0 Å². The third kappa shape index (κ3) is 3.55. The number of rotatable bonds is 3. The van der Waals surface area contributed by atoms with Gasteiger partial charge in [0.05, 0.1) is 10.1 Å². The molecule has 126 valence electrons. The molecule has 0 aromatic heterocycles. The van der Waals surface area contributed by atoms with Crippen LogP contribution in [0.3, 0.4) is 0 Å². The van der Waals surface area contributed by atoms with E-state index in [0.29, 0.717) is 13.0 Å². The smallest absolute Gasteiger partial charge is 0.225 e. The molecule has 0 radical (unpaired) electrons. The van der Waals surface area contributed by atoms with Gasteiger partial charge in [0.1, 0.15) is 5.82 Å². The van der Waals surface area contributed by atoms with Crippen LogP contribution in [-0.2, 0) is 14.6 Å². The Morgan fingerprint density at radius 3 is 2.43 bits per heavy atom. The number of carbonyl (C=O) groups is 1. The summed E-state index contributed by atoms with van der Waals surface area (Å²) < 4.78 is 38.2. The molecule has 2 aliphatic heterocycles. The van der Waals surface area contributed by atoms with E-state index < -0.39 is 20.9 Å². The molecule has 2 fully saturated rings. The Balaban J connectivity index is 1.69. The van der Waals surface area contributed by atoms with Crippen molar-refractivity contribution in [3.63, 3.8) is 0 Å². The molecule has 0 saturated carbocycles. The summed E-state index contributed by atoms with van der Waals surface area (Å²) in [5, 5.41) is -0.588. The number of sulfone groups is 1. The van der Waals surface area contributed by atoms with Gasteiger partial charge in [0.25, 0.3) is 0 Å². The van der Waals surface area contributed by atoms with Crippen molar-refractivity contribution in [1.29, 1.82) is 0 Å². The minimum absolute atomic E-state index is 0.0449. The molecule has 0 spiro atoms. The van der Waals surface area contributed by atoms with E-state index in [4.69, 9.17) is 0 Å². The number of halogens is 1. The lowest BCUT2D eigenvalue weighted by molar-refractivity contribution is -0.134. The third-order valence-electron chi connectivity index (χ3n) is 4.61. The summed E-state index contributed by atoms with van der Waals surface area (Å²) in [6, 6.07) is 4.91. The van der Waals surface area contributed by atoms with Gasteiger partial charge in [-0.2, -0.15) is 11.8 Å². The first kappa shape index (κ1) is 16.8. The maximum absolute atomic E-state index is 13.0. The number of nitrogens with zero attached hydrogens (tertiary/aromatic N) is 1. The van der Waals surface area contributed by atoms with Crippen molar-refractivity contribution in [2.75, 3.05) is 24.6 Å². The first-order valence-corrected chi connectivity index (χ1v) is 10.5. The Hall–Kier alpha value is -1.08. The van der Waals surface area contributed by atoms with Crippen molar-refractivity contribution < 1.29 is 17.6 Å². The zero-order valence-corrected chi connectivity index (χ0v) is 14.4. The van der Waals surface area contributed by atoms with E-state index in [0.717, 1.165) is 36.5 Å². The molecule has 0 N–H and O–H groups in total. The average molecular weight is 357 g/mol. The largest absolute Gasteiger partial charge is 0.341 e. The number of carbonyl (C=O) groups excluding carboxylic acids is 1. The molecule has 2 aliphatic rings. The zero-order valence-electron chi connectivity index (χ0n) is 12.8. The average Bonchev–Trinajstić information content (AvgIpc) is 3.06. The van der Waals surface area contributed by atoms with Crippen LogP contribution in [0.15, 0.2) is 29.2 Å². The van der Waals surface area contributed by atoms with Crippen LogP contribution < -0.4 is 0 Å². The van der Waals surface area contributed by atoms with Gasteiger partial charge in [-0.25, -0.2) is 12.8 Å². The molecule has 2 saturated heterocycles. The zero-order chi connectivity index (χ0) is 16.4. The number of hydrogen-bond acceptors (Lipinski definition) is 4. The maximum atomic E-state index is 13.0. The van der Waals surface area contributed by atoms with E-state index in [2.05, 4.69) is 0 Å². The second-order valence-electron chi connectivity index (χ2n) is 6.08. The molecule has 0 aliphatic carbocycles. The van der Waals surface area contributed by atoms with Gasteiger partial charge < -0.3 is 4.90 Å². The lowest BCUT2D eigenvalue weighted by atomic mass is 10.0. The standard InChI is InChI=1S/C16H20FNO3S2/c17-13-1-3-14(4-2-13)23(20,21)15-5-8-18(11-15)16(19)12-6-9-22-10-7-12/h1-4,12,15H,5-11H2. The number of amides is 1. The summed E-state index contributed by atoms with van der Waals surface area (Å²) >= 11 is 1.86. The number of likely N-dealkylation sites (tertiary alicyclic amines) is 1. The Morgan fingerprint density at radius 2 is 1.78 bits per heavy atom. The van der Waals surface area contributed by atoms with Crippen molar-refractivity contribution in [3.05, 3.63) is 30.1 Å². The van der Waals surface area contributed by atoms with Crippen LogP contribution in [0.25, 0.3) is 0 Å². The molecule has 7 heteroatoms. The lowest BCUT2D eigenvalue weighted by Gasteiger charge is -2.26. The van der Waals surface area contributed by atoms with Crippen LogP contribution in [-0.4, -0.2) is 49.1 Å². The monoisotopic (exact) mass is 357 g/mol. The highest BCUT2D eigenvalue weighted by Crippen LogP contribution is 2.29. The topological polar surface area (TPSA) is 54.5 Å². The molecule has 1 amide bonds. The number of thioether (sulfide) groups is 1. The normalized spacial score (nSPS) is 23.2. The van der Waals surface area contributed by atoms with E-state index in [1.54, 1.807) is 4.90 Å². The molecule has 4 nitrogen and oxygen atoms in total. The fraction of sp³-hybridized carbons (Fsp3) is 0.562. The first-order valence-electron chi connectivity index (χ1n) is 7.84. The van der Waals surface area contributed by atoms with Gasteiger partial charge in [-0.3, -0.25) is 4.79 Å². The van der Waals surface area contributed by atoms with E-state index in [1.165, 1.54) is 12.1 Å². The minimum Gasteiger partial charge on any atom is -0.341 e. The van der Waals surface area contributed by atoms with Crippen molar-refractivity contribution in [2.24, 2.45) is 5.92 Å². The number of hydrogen-bond donors (Lipinski definition) is 0. The summed E-state index contributed by atoms with van der Waals surface area (Å²) in [5.74, 6) is 1.69. The van der Waals surface area contributed by atoms with Crippen LogP contribution in [0.4, 0.5) is 4.39 Å². The summed E-state index contributed by atoms with van der Waals surface area (Å²) in [4.78, 5) is 14.4. The molecule has 1 unspecified atom stereocenters. The first-order chi connectivity index (χ1) is 11.0. The summed E-state index contributed by atoms with van der Waals surface area (Å²) in [7, 11) is -3.52. The van der Waals surface area contributed by atoms with E-state index in [-0.39, 0.29) is 23.3 Å². The molecular formula is C16H20FNO3S2. The molecule has 2 heterocycles. The molecule has 1 atom stereocenters. The highest BCUT2D eigenvalue weighted by molar-refractivity contribution is 7.99. The van der Waals surface area contributed by atoms with Crippen LogP contribution in [0.1, 0.15) is 19.3 Å². The predicted octanol–water partition coefficient (Wildman–Crippen LogP) is 2.34. The van der Waals surface area contributed by atoms with E-state index in [1.807, 2.05) is 11.8 Å². The summed E-state index contributed by atoms with van der Waals surface area (Å²) in [5.41, 5.74) is 0. The van der Waals surface area contributed by atoms with Crippen molar-refractivity contribution >= 4 is 27.5 Å². The summed E-state index contributed by atoms with van der Waals surface area (Å²) in [6.45, 7) is 0.746.